The average Bonchev–Trinajstić information content (AvgIpc) is 2.84. The third-order valence-corrected chi connectivity index (χ3v) is 3.67. The average molecular weight is 271 g/mol. The number of aromatic nitrogens is 2. The molecule has 1 aliphatic rings. The van der Waals surface area contributed by atoms with Gasteiger partial charge >= 0.3 is 5.97 Å². The molecule has 3 rings (SSSR count). The molecule has 1 aromatic carbocycles. The minimum atomic E-state index is -0.864. The van der Waals surface area contributed by atoms with E-state index in [1.165, 1.54) is 5.56 Å². The largest absolute Gasteiger partial charge is 0.478 e. The van der Waals surface area contributed by atoms with E-state index in [0.717, 1.165) is 37.2 Å². The quantitative estimate of drug-likeness (QED) is 0.928. The predicted octanol–water partition coefficient (Wildman–Crippen LogP) is 2.07. The number of aryl methyl sites for hydroxylation is 2. The molecule has 104 valence electrons. The Hall–Kier alpha value is -2.30. The standard InChI is InChI=1S/C15H17N3O2/c1-17-9-11(8-16-17)10-18-6-2-3-12-7-13(15(19)20)4-5-14(12)18/h4-5,7-9H,2-3,6,10H2,1H3,(H,19,20). The van der Waals surface area contributed by atoms with Crippen LogP contribution in [0.3, 0.4) is 0 Å². The van der Waals surface area contributed by atoms with Gasteiger partial charge in [-0.25, -0.2) is 4.79 Å². The molecule has 0 spiro atoms. The van der Waals surface area contributed by atoms with Crippen LogP contribution in [0.1, 0.15) is 27.9 Å². The molecular formula is C15H17N3O2. The summed E-state index contributed by atoms with van der Waals surface area (Å²) in [5.41, 5.74) is 3.81. The Kier molecular flexibility index (Phi) is 3.18. The lowest BCUT2D eigenvalue weighted by Crippen LogP contribution is -2.28. The van der Waals surface area contributed by atoms with Crippen molar-refractivity contribution in [3.63, 3.8) is 0 Å². The van der Waals surface area contributed by atoms with Crippen LogP contribution in [0.5, 0.6) is 0 Å². The third-order valence-electron chi connectivity index (χ3n) is 3.67. The summed E-state index contributed by atoms with van der Waals surface area (Å²) in [5.74, 6) is -0.864. The topological polar surface area (TPSA) is 58.4 Å². The minimum Gasteiger partial charge on any atom is -0.478 e. The number of hydrogen-bond acceptors (Lipinski definition) is 3. The smallest absolute Gasteiger partial charge is 0.335 e. The molecule has 0 radical (unpaired) electrons. The Bertz CT molecular complexity index is 648. The second kappa shape index (κ2) is 5.00. The summed E-state index contributed by atoms with van der Waals surface area (Å²) in [6.07, 6.45) is 5.89. The van der Waals surface area contributed by atoms with Crippen molar-refractivity contribution >= 4 is 11.7 Å². The number of carboxylic acids is 1. The van der Waals surface area contributed by atoms with Crippen LogP contribution >= 0.6 is 0 Å². The van der Waals surface area contributed by atoms with Gasteiger partial charge in [0.15, 0.2) is 0 Å². The molecule has 1 N–H and O–H groups in total. The Morgan fingerprint density at radius 2 is 2.30 bits per heavy atom. The fraction of sp³-hybridized carbons (Fsp3) is 0.333. The maximum atomic E-state index is 11.0. The molecule has 0 amide bonds. The second-order valence-electron chi connectivity index (χ2n) is 5.20. The molecule has 5 nitrogen and oxygen atoms in total. The number of carbonyl (C=O) groups is 1. The maximum absolute atomic E-state index is 11.0. The lowest BCUT2D eigenvalue weighted by atomic mass is 9.99. The van der Waals surface area contributed by atoms with Crippen molar-refractivity contribution in [2.45, 2.75) is 19.4 Å². The van der Waals surface area contributed by atoms with Crippen LogP contribution in [-0.4, -0.2) is 27.4 Å². The maximum Gasteiger partial charge on any atom is 0.335 e. The molecule has 0 unspecified atom stereocenters. The van der Waals surface area contributed by atoms with Gasteiger partial charge in [-0.2, -0.15) is 5.10 Å². The van der Waals surface area contributed by atoms with Crippen molar-refractivity contribution in [1.82, 2.24) is 9.78 Å². The van der Waals surface area contributed by atoms with Crippen molar-refractivity contribution in [1.29, 1.82) is 0 Å². The van der Waals surface area contributed by atoms with Crippen LogP contribution in [0.2, 0.25) is 0 Å². The van der Waals surface area contributed by atoms with Crippen molar-refractivity contribution in [3.05, 3.63) is 47.3 Å². The number of benzene rings is 1. The van der Waals surface area contributed by atoms with Crippen LogP contribution in [-0.2, 0) is 20.0 Å². The van der Waals surface area contributed by atoms with Gasteiger partial charge in [0.2, 0.25) is 0 Å². The zero-order valence-electron chi connectivity index (χ0n) is 11.4. The first-order valence-electron chi connectivity index (χ1n) is 6.72. The van der Waals surface area contributed by atoms with Crippen molar-refractivity contribution in [2.75, 3.05) is 11.4 Å². The lowest BCUT2D eigenvalue weighted by molar-refractivity contribution is 0.0697. The van der Waals surface area contributed by atoms with E-state index in [1.54, 1.807) is 16.8 Å². The zero-order chi connectivity index (χ0) is 14.1. The number of fused-ring (bicyclic) bond motifs is 1. The van der Waals surface area contributed by atoms with Crippen LogP contribution in [0, 0.1) is 0 Å². The molecule has 0 aliphatic carbocycles. The zero-order valence-corrected chi connectivity index (χ0v) is 11.4. The Morgan fingerprint density at radius 3 is 3.00 bits per heavy atom. The van der Waals surface area contributed by atoms with Gasteiger partial charge in [0.05, 0.1) is 11.8 Å². The Balaban J connectivity index is 1.88. The molecule has 0 fully saturated rings. The fourth-order valence-electron chi connectivity index (χ4n) is 2.75. The van der Waals surface area contributed by atoms with Crippen LogP contribution in [0.4, 0.5) is 5.69 Å². The van der Waals surface area contributed by atoms with Crippen molar-refractivity contribution in [3.8, 4) is 0 Å². The van der Waals surface area contributed by atoms with Gasteiger partial charge in [0.25, 0.3) is 0 Å². The summed E-state index contributed by atoms with van der Waals surface area (Å²) in [5, 5.41) is 13.3. The fourth-order valence-corrected chi connectivity index (χ4v) is 2.75. The van der Waals surface area contributed by atoms with Gasteiger partial charge in [-0.05, 0) is 36.6 Å². The first kappa shape index (κ1) is 12.7. The van der Waals surface area contributed by atoms with Crippen LogP contribution in [0.25, 0.3) is 0 Å². The first-order valence-corrected chi connectivity index (χ1v) is 6.72. The summed E-state index contributed by atoms with van der Waals surface area (Å²) < 4.78 is 1.80. The molecule has 0 saturated carbocycles. The number of carboxylic acid groups (broad SMARTS) is 1. The van der Waals surface area contributed by atoms with Crippen LogP contribution in [0.15, 0.2) is 30.6 Å². The number of hydrogen-bond donors (Lipinski definition) is 1. The molecule has 0 saturated heterocycles. The van der Waals surface area contributed by atoms with Gasteiger partial charge in [-0.1, -0.05) is 0 Å². The van der Waals surface area contributed by atoms with Gasteiger partial charge in [0, 0.05) is 37.6 Å². The molecule has 1 aliphatic heterocycles. The number of anilines is 1. The molecule has 0 bridgehead atoms. The molecule has 2 heterocycles. The monoisotopic (exact) mass is 271 g/mol. The minimum absolute atomic E-state index is 0.368. The summed E-state index contributed by atoms with van der Waals surface area (Å²) in [6, 6.07) is 5.41. The SMILES string of the molecule is Cn1cc(CN2CCCc3cc(C(=O)O)ccc32)cn1. The van der Waals surface area contributed by atoms with E-state index in [1.807, 2.05) is 25.5 Å². The molecular weight excluding hydrogens is 254 g/mol. The van der Waals surface area contributed by atoms with E-state index in [0.29, 0.717) is 5.56 Å². The van der Waals surface area contributed by atoms with E-state index in [2.05, 4.69) is 10.00 Å². The lowest BCUT2D eigenvalue weighted by Gasteiger charge is -2.31. The molecule has 20 heavy (non-hydrogen) atoms. The van der Waals surface area contributed by atoms with E-state index >= 15 is 0 Å². The Labute approximate surface area is 117 Å². The number of aromatic carboxylic acids is 1. The highest BCUT2D eigenvalue weighted by Gasteiger charge is 2.18. The summed E-state index contributed by atoms with van der Waals surface area (Å²) in [6.45, 7) is 1.81. The first-order chi connectivity index (χ1) is 9.63. The van der Waals surface area contributed by atoms with E-state index in [4.69, 9.17) is 5.11 Å². The highest BCUT2D eigenvalue weighted by atomic mass is 16.4. The van der Waals surface area contributed by atoms with Gasteiger partial charge < -0.3 is 10.0 Å². The normalized spacial score (nSPS) is 14.2. The Morgan fingerprint density at radius 1 is 1.45 bits per heavy atom. The summed E-state index contributed by atoms with van der Waals surface area (Å²) >= 11 is 0. The van der Waals surface area contributed by atoms with E-state index in [-0.39, 0.29) is 0 Å². The molecule has 1 aromatic heterocycles. The number of rotatable bonds is 3. The second-order valence-corrected chi connectivity index (χ2v) is 5.20. The van der Waals surface area contributed by atoms with Gasteiger partial charge in [0.1, 0.15) is 0 Å². The summed E-state index contributed by atoms with van der Waals surface area (Å²) in [4.78, 5) is 13.3. The van der Waals surface area contributed by atoms with Crippen molar-refractivity contribution in [2.24, 2.45) is 7.05 Å². The molecule has 2 aromatic rings. The molecule has 5 heteroatoms. The molecule has 0 atom stereocenters. The van der Waals surface area contributed by atoms with Gasteiger partial charge in [-0.15, -0.1) is 0 Å². The third kappa shape index (κ3) is 2.39. The highest BCUT2D eigenvalue weighted by molar-refractivity contribution is 5.88. The predicted molar refractivity (Wildman–Crippen MR) is 76.0 cm³/mol. The summed E-state index contributed by atoms with van der Waals surface area (Å²) in [7, 11) is 1.91. The van der Waals surface area contributed by atoms with Crippen molar-refractivity contribution < 1.29 is 9.90 Å². The van der Waals surface area contributed by atoms with Gasteiger partial charge in [-0.3, -0.25) is 4.68 Å². The highest BCUT2D eigenvalue weighted by Crippen LogP contribution is 2.29. The van der Waals surface area contributed by atoms with Crippen LogP contribution < -0.4 is 4.90 Å². The number of nitrogens with zero attached hydrogens (tertiary/aromatic N) is 3. The van der Waals surface area contributed by atoms with E-state index in [9.17, 15) is 4.79 Å². The van der Waals surface area contributed by atoms with E-state index < -0.39 is 5.97 Å².